The van der Waals surface area contributed by atoms with Crippen LogP contribution in [-0.2, 0) is 0 Å². The minimum Gasteiger partial charge on any atom is -0.348 e. The van der Waals surface area contributed by atoms with E-state index in [0.29, 0.717) is 12.1 Å². The number of para-hydroxylation sites is 1. The highest BCUT2D eigenvalue weighted by atomic mass is 16.1. The lowest BCUT2D eigenvalue weighted by atomic mass is 10.2. The van der Waals surface area contributed by atoms with Crippen LogP contribution < -0.4 is 11.1 Å². The molecule has 0 fully saturated rings. The maximum atomic E-state index is 12.0. The highest BCUT2D eigenvalue weighted by Gasteiger charge is 2.12. The van der Waals surface area contributed by atoms with Crippen molar-refractivity contribution in [3.63, 3.8) is 0 Å². The summed E-state index contributed by atoms with van der Waals surface area (Å²) in [4.78, 5) is 12.0. The third-order valence-corrected chi connectivity index (χ3v) is 2.98. The van der Waals surface area contributed by atoms with Crippen LogP contribution >= 0.6 is 0 Å². The Hall–Kier alpha value is -2.14. The number of rotatable bonds is 5. The number of nitrogens with zero attached hydrogens (tertiary/aromatic N) is 2. The second-order valence-corrected chi connectivity index (χ2v) is 4.32. The molecule has 0 aliphatic heterocycles. The summed E-state index contributed by atoms with van der Waals surface area (Å²) in [6, 6.07) is 9.67. The molecule has 3 N–H and O–H groups in total. The Kier molecular flexibility index (Phi) is 4.30. The zero-order valence-corrected chi connectivity index (χ0v) is 10.9. The van der Waals surface area contributed by atoms with E-state index >= 15 is 0 Å². The number of hydrogen-bond donors (Lipinski definition) is 2. The van der Waals surface area contributed by atoms with Crippen LogP contribution in [0.15, 0.2) is 42.7 Å². The Bertz CT molecular complexity index is 531. The van der Waals surface area contributed by atoms with Gasteiger partial charge in [0.05, 0.1) is 17.4 Å². The van der Waals surface area contributed by atoms with Crippen molar-refractivity contribution in [2.45, 2.75) is 19.4 Å². The average Bonchev–Trinajstić information content (AvgIpc) is 2.95. The molecule has 1 atom stereocenters. The van der Waals surface area contributed by atoms with Crippen molar-refractivity contribution in [3.8, 4) is 5.69 Å². The molecule has 1 aromatic heterocycles. The summed E-state index contributed by atoms with van der Waals surface area (Å²) >= 11 is 0. The molecular formula is C14H18N4O. The Morgan fingerprint density at radius 1 is 1.42 bits per heavy atom. The Morgan fingerprint density at radius 3 is 2.79 bits per heavy atom. The summed E-state index contributed by atoms with van der Waals surface area (Å²) in [5, 5.41) is 7.07. The number of carbonyl (C=O) groups excluding carboxylic acids is 1. The summed E-state index contributed by atoms with van der Waals surface area (Å²) < 4.78 is 1.68. The van der Waals surface area contributed by atoms with E-state index in [0.717, 1.165) is 12.1 Å². The first-order valence-electron chi connectivity index (χ1n) is 6.35. The zero-order valence-electron chi connectivity index (χ0n) is 10.9. The third kappa shape index (κ3) is 3.20. The third-order valence-electron chi connectivity index (χ3n) is 2.98. The van der Waals surface area contributed by atoms with Crippen LogP contribution in [0.4, 0.5) is 0 Å². The fraction of sp³-hybridized carbons (Fsp3) is 0.286. The molecule has 0 aliphatic carbocycles. The minimum atomic E-state index is -0.139. The predicted octanol–water partition coefficient (Wildman–Crippen LogP) is 1.34. The van der Waals surface area contributed by atoms with Gasteiger partial charge in [0.15, 0.2) is 0 Å². The average molecular weight is 258 g/mol. The van der Waals surface area contributed by atoms with Gasteiger partial charge in [0.25, 0.3) is 5.91 Å². The molecule has 0 saturated heterocycles. The van der Waals surface area contributed by atoms with Crippen LogP contribution in [0, 0.1) is 0 Å². The summed E-state index contributed by atoms with van der Waals surface area (Å²) in [6.45, 7) is 2.43. The molecule has 0 bridgehead atoms. The van der Waals surface area contributed by atoms with Gasteiger partial charge in [0.2, 0.25) is 0 Å². The van der Waals surface area contributed by atoms with Gasteiger partial charge in [-0.05, 0) is 18.6 Å². The van der Waals surface area contributed by atoms with Crippen molar-refractivity contribution in [2.75, 3.05) is 6.54 Å². The monoisotopic (exact) mass is 258 g/mol. The fourth-order valence-corrected chi connectivity index (χ4v) is 1.76. The lowest BCUT2D eigenvalue weighted by Gasteiger charge is -2.13. The number of nitrogens with one attached hydrogen (secondary N) is 1. The molecule has 0 spiro atoms. The molecule has 0 radical (unpaired) electrons. The molecule has 5 heteroatoms. The Morgan fingerprint density at radius 2 is 2.16 bits per heavy atom. The van der Waals surface area contributed by atoms with E-state index in [2.05, 4.69) is 10.4 Å². The van der Waals surface area contributed by atoms with Gasteiger partial charge in [-0.15, -0.1) is 0 Å². The second-order valence-electron chi connectivity index (χ2n) is 4.32. The lowest BCUT2D eigenvalue weighted by molar-refractivity contribution is 0.0937. The largest absolute Gasteiger partial charge is 0.348 e. The van der Waals surface area contributed by atoms with E-state index in [-0.39, 0.29) is 11.9 Å². The topological polar surface area (TPSA) is 72.9 Å². The van der Waals surface area contributed by atoms with E-state index in [1.807, 2.05) is 37.3 Å². The Balaban J connectivity index is 2.11. The summed E-state index contributed by atoms with van der Waals surface area (Å²) in [6.07, 6.45) is 4.09. The fourth-order valence-electron chi connectivity index (χ4n) is 1.76. The molecule has 2 rings (SSSR count). The molecule has 5 nitrogen and oxygen atoms in total. The predicted molar refractivity (Wildman–Crippen MR) is 74.2 cm³/mol. The minimum absolute atomic E-state index is 0.00701. The number of aromatic nitrogens is 2. The van der Waals surface area contributed by atoms with Crippen molar-refractivity contribution in [3.05, 3.63) is 48.3 Å². The van der Waals surface area contributed by atoms with Crippen LogP contribution in [0.25, 0.3) is 5.69 Å². The first-order chi connectivity index (χ1) is 9.24. The molecule has 0 aliphatic rings. The molecular weight excluding hydrogens is 240 g/mol. The maximum Gasteiger partial charge on any atom is 0.254 e. The van der Waals surface area contributed by atoms with Crippen LogP contribution in [0.2, 0.25) is 0 Å². The number of nitrogens with two attached hydrogens (primary N) is 1. The van der Waals surface area contributed by atoms with Crippen LogP contribution in [0.1, 0.15) is 23.7 Å². The number of carbonyl (C=O) groups is 1. The quantitative estimate of drug-likeness (QED) is 0.850. The first kappa shape index (κ1) is 13.3. The van der Waals surface area contributed by atoms with Crippen LogP contribution in [0.3, 0.4) is 0 Å². The molecule has 1 aromatic carbocycles. The van der Waals surface area contributed by atoms with E-state index in [9.17, 15) is 4.79 Å². The summed E-state index contributed by atoms with van der Waals surface area (Å²) in [5.41, 5.74) is 7.03. The molecule has 2 aromatic rings. The lowest BCUT2D eigenvalue weighted by Crippen LogP contribution is -2.39. The first-order valence-corrected chi connectivity index (χ1v) is 6.35. The maximum absolute atomic E-state index is 12.0. The van der Waals surface area contributed by atoms with Crippen molar-refractivity contribution in [2.24, 2.45) is 5.73 Å². The van der Waals surface area contributed by atoms with E-state index < -0.39 is 0 Å². The van der Waals surface area contributed by atoms with Crippen LogP contribution in [-0.4, -0.2) is 28.3 Å². The smallest absolute Gasteiger partial charge is 0.254 e. The molecule has 1 unspecified atom stereocenters. The van der Waals surface area contributed by atoms with E-state index in [1.54, 1.807) is 17.1 Å². The van der Waals surface area contributed by atoms with Gasteiger partial charge in [0.1, 0.15) is 0 Å². The highest BCUT2D eigenvalue weighted by molar-refractivity contribution is 5.94. The normalized spacial score (nSPS) is 12.1. The van der Waals surface area contributed by atoms with Gasteiger partial charge < -0.3 is 11.1 Å². The standard InChI is InChI=1S/C14H18N4O/c1-2-12(8-15)17-14(19)11-9-16-18(10-11)13-6-4-3-5-7-13/h3-7,9-10,12H,2,8,15H2,1H3,(H,17,19). The van der Waals surface area contributed by atoms with Crippen molar-refractivity contribution >= 4 is 5.91 Å². The van der Waals surface area contributed by atoms with E-state index in [1.165, 1.54) is 0 Å². The van der Waals surface area contributed by atoms with Crippen molar-refractivity contribution in [1.29, 1.82) is 0 Å². The highest BCUT2D eigenvalue weighted by Crippen LogP contribution is 2.07. The van der Waals surface area contributed by atoms with Crippen molar-refractivity contribution in [1.82, 2.24) is 15.1 Å². The van der Waals surface area contributed by atoms with Gasteiger partial charge >= 0.3 is 0 Å². The van der Waals surface area contributed by atoms with Crippen molar-refractivity contribution < 1.29 is 4.79 Å². The van der Waals surface area contributed by atoms with E-state index in [4.69, 9.17) is 5.73 Å². The van der Waals surface area contributed by atoms with Crippen LogP contribution in [0.5, 0.6) is 0 Å². The van der Waals surface area contributed by atoms with Gasteiger partial charge in [-0.2, -0.15) is 5.10 Å². The molecule has 19 heavy (non-hydrogen) atoms. The second kappa shape index (κ2) is 6.15. The molecule has 100 valence electrons. The number of amides is 1. The summed E-state index contributed by atoms with van der Waals surface area (Å²) in [7, 11) is 0. The number of hydrogen-bond acceptors (Lipinski definition) is 3. The van der Waals surface area contributed by atoms with Gasteiger partial charge in [-0.3, -0.25) is 4.79 Å². The SMILES string of the molecule is CCC(CN)NC(=O)c1cnn(-c2ccccc2)c1. The van der Waals surface area contributed by atoms with Gasteiger partial charge in [-0.1, -0.05) is 25.1 Å². The molecule has 1 heterocycles. The zero-order chi connectivity index (χ0) is 13.7. The van der Waals surface area contributed by atoms with Gasteiger partial charge in [-0.25, -0.2) is 4.68 Å². The summed E-state index contributed by atoms with van der Waals surface area (Å²) in [5.74, 6) is -0.139. The molecule has 1 amide bonds. The van der Waals surface area contributed by atoms with Gasteiger partial charge in [0, 0.05) is 18.8 Å². The Labute approximate surface area is 112 Å². The molecule has 0 saturated carbocycles. The number of benzene rings is 1.